The van der Waals surface area contributed by atoms with Gasteiger partial charge in [-0.05, 0) is 85.0 Å². The van der Waals surface area contributed by atoms with Gasteiger partial charge in [0.2, 0.25) is 5.91 Å². The first-order valence-electron chi connectivity index (χ1n) is 13.4. The molecule has 0 saturated heterocycles. The third-order valence-electron chi connectivity index (χ3n) is 10.2. The number of carboxylic acids is 1. The molecule has 1 heterocycles. The maximum atomic E-state index is 13.6. The number of benzene rings is 1. The van der Waals surface area contributed by atoms with Gasteiger partial charge in [-0.25, -0.2) is 0 Å². The normalized spacial score (nSPS) is 35.8. The van der Waals surface area contributed by atoms with Gasteiger partial charge in [0.1, 0.15) is 0 Å². The highest BCUT2D eigenvalue weighted by Gasteiger charge is 2.68. The van der Waals surface area contributed by atoms with Gasteiger partial charge < -0.3 is 14.7 Å². The predicted molar refractivity (Wildman–Crippen MR) is 141 cm³/mol. The van der Waals surface area contributed by atoms with Gasteiger partial charge in [-0.2, -0.15) is 0 Å². The number of hydrogen-bond donors (Lipinski definition) is 1. The number of rotatable bonds is 7. The number of halogens is 1. The molecule has 1 aliphatic heterocycles. The minimum absolute atomic E-state index is 0.0757. The van der Waals surface area contributed by atoms with Crippen LogP contribution in [0.3, 0.4) is 0 Å². The van der Waals surface area contributed by atoms with Crippen molar-refractivity contribution in [1.29, 1.82) is 0 Å². The highest BCUT2D eigenvalue weighted by molar-refractivity contribution is 6.31. The zero-order chi connectivity index (χ0) is 26.1. The Hall–Kier alpha value is -1.85. The molecule has 36 heavy (non-hydrogen) atoms. The van der Waals surface area contributed by atoms with Crippen molar-refractivity contribution >= 4 is 23.5 Å². The molecule has 1 atom stereocenters. The third-order valence-corrected chi connectivity index (χ3v) is 10.5. The lowest BCUT2D eigenvalue weighted by molar-refractivity contribution is -0.161. The van der Waals surface area contributed by atoms with E-state index in [-0.39, 0.29) is 11.4 Å². The lowest BCUT2D eigenvalue weighted by Crippen LogP contribution is -2.60. The Morgan fingerprint density at radius 1 is 1.22 bits per heavy atom. The molecule has 196 valence electrons. The molecular weight excluding hydrogens is 474 g/mol. The molecule has 0 aromatic heterocycles. The number of amides is 1. The van der Waals surface area contributed by atoms with Crippen LogP contribution in [0.4, 0.5) is 0 Å². The molecule has 4 saturated carbocycles. The number of aliphatic carboxylic acids is 1. The second-order valence-corrected chi connectivity index (χ2v) is 13.7. The summed E-state index contributed by atoms with van der Waals surface area (Å²) in [6.07, 6.45) is 7.97. The first-order chi connectivity index (χ1) is 16.8. The Kier molecular flexibility index (Phi) is 6.15. The number of hydrogen-bond acceptors (Lipinski definition) is 3. The molecule has 4 fully saturated rings. The number of fused-ring (bicyclic) bond motifs is 1. The first kappa shape index (κ1) is 25.8. The average Bonchev–Trinajstić information content (AvgIpc) is 3.30. The monoisotopic (exact) mass is 513 g/mol. The molecule has 1 amide bonds. The maximum absolute atomic E-state index is 13.6. The Labute approximate surface area is 220 Å². The van der Waals surface area contributed by atoms with Crippen molar-refractivity contribution in [2.75, 3.05) is 13.7 Å². The van der Waals surface area contributed by atoms with Gasteiger partial charge in [-0.15, -0.1) is 0 Å². The Balaban J connectivity index is 1.42. The van der Waals surface area contributed by atoms with Gasteiger partial charge in [-0.1, -0.05) is 51.4 Å². The van der Waals surface area contributed by atoms with E-state index < -0.39 is 16.8 Å². The van der Waals surface area contributed by atoms with Crippen molar-refractivity contribution in [3.05, 3.63) is 46.1 Å². The third kappa shape index (κ3) is 3.93. The molecule has 1 N–H and O–H groups in total. The predicted octanol–water partition coefficient (Wildman–Crippen LogP) is 6.69. The minimum Gasteiger partial charge on any atom is -0.481 e. The van der Waals surface area contributed by atoms with Crippen LogP contribution in [0.5, 0.6) is 0 Å². The fraction of sp³-hybridized carbons (Fsp3) is 0.667. The molecule has 5 aliphatic rings. The average molecular weight is 514 g/mol. The number of carboxylic acid groups (broad SMARTS) is 1. The summed E-state index contributed by atoms with van der Waals surface area (Å²) in [5.41, 5.74) is 2.32. The van der Waals surface area contributed by atoms with E-state index in [9.17, 15) is 14.7 Å². The summed E-state index contributed by atoms with van der Waals surface area (Å²) in [6, 6.07) is 6.43. The number of nitrogens with zero attached hydrogens (tertiary/aromatic N) is 1. The van der Waals surface area contributed by atoms with Crippen LogP contribution in [0.15, 0.2) is 30.0 Å². The number of methoxy groups -OCH3 is 1. The Morgan fingerprint density at radius 2 is 1.92 bits per heavy atom. The van der Waals surface area contributed by atoms with E-state index in [0.717, 1.165) is 28.5 Å². The van der Waals surface area contributed by atoms with Gasteiger partial charge >= 0.3 is 5.97 Å². The summed E-state index contributed by atoms with van der Waals surface area (Å²) in [7, 11) is 1.70. The lowest BCUT2D eigenvalue weighted by atomic mass is 9.61. The molecule has 6 heteroatoms. The summed E-state index contributed by atoms with van der Waals surface area (Å²) >= 11 is 6.88. The van der Waals surface area contributed by atoms with Crippen LogP contribution in [-0.4, -0.2) is 41.1 Å². The van der Waals surface area contributed by atoms with Crippen molar-refractivity contribution in [1.82, 2.24) is 4.90 Å². The summed E-state index contributed by atoms with van der Waals surface area (Å²) in [4.78, 5) is 27.3. The topological polar surface area (TPSA) is 66.8 Å². The van der Waals surface area contributed by atoms with Crippen molar-refractivity contribution in [3.63, 3.8) is 0 Å². The molecule has 1 aromatic carbocycles. The van der Waals surface area contributed by atoms with Crippen molar-refractivity contribution in [2.24, 2.45) is 16.7 Å². The van der Waals surface area contributed by atoms with Crippen molar-refractivity contribution in [2.45, 2.75) is 95.9 Å². The Morgan fingerprint density at radius 3 is 2.47 bits per heavy atom. The lowest BCUT2D eigenvalue weighted by Gasteiger charge is -2.53. The van der Waals surface area contributed by atoms with Crippen LogP contribution in [0.1, 0.15) is 96.1 Å². The van der Waals surface area contributed by atoms with E-state index in [1.165, 1.54) is 18.4 Å². The van der Waals surface area contributed by atoms with Crippen molar-refractivity contribution < 1.29 is 19.4 Å². The van der Waals surface area contributed by atoms with Crippen LogP contribution in [0.2, 0.25) is 5.02 Å². The zero-order valence-corrected chi connectivity index (χ0v) is 23.1. The molecule has 0 spiro atoms. The van der Waals surface area contributed by atoms with E-state index in [4.69, 9.17) is 16.3 Å². The summed E-state index contributed by atoms with van der Waals surface area (Å²) in [6.45, 7) is 9.65. The fourth-order valence-electron chi connectivity index (χ4n) is 7.48. The van der Waals surface area contributed by atoms with Crippen LogP contribution in [0, 0.1) is 16.7 Å². The first-order valence-corrected chi connectivity index (χ1v) is 13.8. The van der Waals surface area contributed by atoms with Gasteiger partial charge in [0.05, 0.1) is 5.41 Å². The highest BCUT2D eigenvalue weighted by atomic mass is 35.5. The van der Waals surface area contributed by atoms with E-state index in [2.05, 4.69) is 45.9 Å². The van der Waals surface area contributed by atoms with Crippen LogP contribution < -0.4 is 0 Å². The number of carbonyl (C=O) groups is 2. The summed E-state index contributed by atoms with van der Waals surface area (Å²) < 4.78 is 5.43. The molecular formula is C30H40ClNO4. The van der Waals surface area contributed by atoms with Gasteiger partial charge in [0.25, 0.3) is 0 Å². The zero-order valence-electron chi connectivity index (χ0n) is 22.3. The quantitative estimate of drug-likeness (QED) is 0.441. The largest absolute Gasteiger partial charge is 0.481 e. The SMILES string of the molecule is COCCC1=CN(C23CCC(C(=O)O)(C2)C3)C(=O)C[C@@]1(C)c1ccc(C2CC(C(C)(C)C)C2)c(Cl)c1. The summed E-state index contributed by atoms with van der Waals surface area (Å²) in [5, 5.41) is 10.5. The van der Waals surface area contributed by atoms with E-state index in [1.54, 1.807) is 7.11 Å². The molecule has 2 bridgehead atoms. The molecule has 5 nitrogen and oxygen atoms in total. The van der Waals surface area contributed by atoms with Gasteiger partial charge in [0.15, 0.2) is 0 Å². The maximum Gasteiger partial charge on any atom is 0.309 e. The van der Waals surface area contributed by atoms with Crippen molar-refractivity contribution in [3.8, 4) is 0 Å². The smallest absolute Gasteiger partial charge is 0.309 e. The molecule has 6 rings (SSSR count). The minimum atomic E-state index is -0.719. The Bertz CT molecular complexity index is 1110. The van der Waals surface area contributed by atoms with E-state index in [0.29, 0.717) is 50.0 Å². The highest BCUT2D eigenvalue weighted by Crippen LogP contribution is 2.65. The molecule has 1 aromatic rings. The number of carbonyl (C=O) groups excluding carboxylic acids is 1. The second kappa shape index (κ2) is 8.59. The molecule has 0 unspecified atom stereocenters. The fourth-order valence-corrected chi connectivity index (χ4v) is 7.81. The van der Waals surface area contributed by atoms with Crippen LogP contribution >= 0.6 is 11.6 Å². The number of ether oxygens (including phenoxy) is 1. The van der Waals surface area contributed by atoms with Crippen LogP contribution in [-0.2, 0) is 19.7 Å². The van der Waals surface area contributed by atoms with Gasteiger partial charge in [-0.3, -0.25) is 9.59 Å². The van der Waals surface area contributed by atoms with E-state index in [1.807, 2.05) is 11.1 Å². The molecule has 4 aliphatic carbocycles. The molecule has 0 radical (unpaired) electrons. The second-order valence-electron chi connectivity index (χ2n) is 13.3. The summed E-state index contributed by atoms with van der Waals surface area (Å²) in [5.74, 6) is 0.586. The van der Waals surface area contributed by atoms with Crippen LogP contribution in [0.25, 0.3) is 0 Å². The van der Waals surface area contributed by atoms with E-state index >= 15 is 0 Å². The van der Waals surface area contributed by atoms with Gasteiger partial charge in [0, 0.05) is 42.3 Å². The standard InChI is InChI=1S/C30H40ClNO4/c1-27(2,3)22-12-19(13-22)23-7-6-20(14-24(23)31)28(4)15-25(33)32(16-21(28)8-11-36-5)30-10-9-29(17-30,18-30)26(34)35/h6-7,14,16,19,22H,8-13,15,17-18H2,1-5H3,(H,34,35)/t19?,22?,28-,29?,30?/m0/s1.